The number of halogens is 1. The van der Waals surface area contributed by atoms with Crippen LogP contribution in [0.3, 0.4) is 0 Å². The molecular formula is C16H18ClN3O2. The Kier molecular flexibility index (Phi) is 4.43. The van der Waals surface area contributed by atoms with Crippen LogP contribution < -0.4 is 0 Å². The highest BCUT2D eigenvalue weighted by Gasteiger charge is 2.28. The number of amides is 1. The van der Waals surface area contributed by atoms with Crippen molar-refractivity contribution in [3.63, 3.8) is 0 Å². The molecule has 1 aromatic heterocycles. The first-order valence-corrected chi connectivity index (χ1v) is 7.90. The van der Waals surface area contributed by atoms with E-state index in [0.717, 1.165) is 18.4 Å². The molecule has 0 spiro atoms. The molecule has 1 amide bonds. The molecule has 1 aromatic carbocycles. The molecule has 0 saturated carbocycles. The number of likely N-dealkylation sites (tertiary alicyclic amines) is 1. The fraction of sp³-hybridized carbons (Fsp3) is 0.438. The van der Waals surface area contributed by atoms with Crippen LogP contribution in [0.2, 0.25) is 0 Å². The first-order valence-electron chi connectivity index (χ1n) is 7.47. The number of hydrogen-bond acceptors (Lipinski definition) is 4. The van der Waals surface area contributed by atoms with Crippen LogP contribution in [0.15, 0.2) is 34.9 Å². The van der Waals surface area contributed by atoms with Gasteiger partial charge < -0.3 is 9.42 Å². The second kappa shape index (κ2) is 6.48. The van der Waals surface area contributed by atoms with Crippen molar-refractivity contribution in [2.75, 3.05) is 13.1 Å². The Morgan fingerprint density at radius 1 is 1.32 bits per heavy atom. The van der Waals surface area contributed by atoms with Crippen molar-refractivity contribution in [1.82, 2.24) is 15.0 Å². The average molecular weight is 320 g/mol. The number of piperidine rings is 1. The lowest BCUT2D eigenvalue weighted by Crippen LogP contribution is -2.41. The van der Waals surface area contributed by atoms with Gasteiger partial charge in [-0.05, 0) is 19.8 Å². The number of carbonyl (C=O) groups excluding carboxylic acids is 1. The van der Waals surface area contributed by atoms with Gasteiger partial charge in [-0.2, -0.15) is 4.98 Å². The average Bonchev–Trinajstić information content (AvgIpc) is 3.05. The van der Waals surface area contributed by atoms with Crippen LogP contribution >= 0.6 is 11.6 Å². The predicted octanol–water partition coefficient (Wildman–Crippen LogP) is 3.07. The molecule has 3 rings (SSSR count). The normalized spacial score (nSPS) is 17.5. The molecule has 1 saturated heterocycles. The number of alkyl halides is 1. The van der Waals surface area contributed by atoms with Crippen molar-refractivity contribution < 1.29 is 9.32 Å². The molecule has 1 aliphatic rings. The van der Waals surface area contributed by atoms with Gasteiger partial charge in [0.1, 0.15) is 5.38 Å². The monoisotopic (exact) mass is 319 g/mol. The molecule has 1 aliphatic heterocycles. The maximum absolute atomic E-state index is 11.9. The van der Waals surface area contributed by atoms with Crippen LogP contribution in [0.25, 0.3) is 11.4 Å². The van der Waals surface area contributed by atoms with Gasteiger partial charge in [-0.15, -0.1) is 11.6 Å². The lowest BCUT2D eigenvalue weighted by Gasteiger charge is -2.31. The first-order chi connectivity index (χ1) is 10.6. The second-order valence-corrected chi connectivity index (χ2v) is 6.19. The van der Waals surface area contributed by atoms with Gasteiger partial charge in [-0.1, -0.05) is 35.5 Å². The number of hydrogen-bond donors (Lipinski definition) is 0. The molecule has 0 N–H and O–H groups in total. The van der Waals surface area contributed by atoms with Crippen LogP contribution in [0.5, 0.6) is 0 Å². The minimum atomic E-state index is -0.468. The van der Waals surface area contributed by atoms with Crippen LogP contribution in [0.4, 0.5) is 0 Å². The van der Waals surface area contributed by atoms with E-state index in [2.05, 4.69) is 10.1 Å². The van der Waals surface area contributed by atoms with Crippen molar-refractivity contribution in [3.8, 4) is 11.4 Å². The van der Waals surface area contributed by atoms with Crippen LogP contribution in [0.1, 0.15) is 31.6 Å². The highest BCUT2D eigenvalue weighted by atomic mass is 35.5. The largest absolute Gasteiger partial charge is 0.341 e. The maximum atomic E-state index is 11.9. The van der Waals surface area contributed by atoms with Crippen molar-refractivity contribution in [2.45, 2.75) is 31.1 Å². The van der Waals surface area contributed by atoms with E-state index >= 15 is 0 Å². The second-order valence-electron chi connectivity index (χ2n) is 5.54. The van der Waals surface area contributed by atoms with E-state index in [0.29, 0.717) is 24.8 Å². The summed E-state index contributed by atoms with van der Waals surface area (Å²) >= 11 is 5.85. The molecule has 0 aliphatic carbocycles. The van der Waals surface area contributed by atoms with Crippen LogP contribution in [-0.2, 0) is 4.79 Å². The maximum Gasteiger partial charge on any atom is 0.240 e. The fourth-order valence-corrected chi connectivity index (χ4v) is 2.84. The summed E-state index contributed by atoms with van der Waals surface area (Å²) in [7, 11) is 0. The van der Waals surface area contributed by atoms with E-state index in [1.807, 2.05) is 35.2 Å². The Labute approximate surface area is 134 Å². The number of aromatic nitrogens is 2. The summed E-state index contributed by atoms with van der Waals surface area (Å²) in [5.74, 6) is 1.48. The quantitative estimate of drug-likeness (QED) is 0.816. The summed E-state index contributed by atoms with van der Waals surface area (Å²) in [5, 5.41) is 3.59. The highest BCUT2D eigenvalue weighted by molar-refractivity contribution is 6.30. The van der Waals surface area contributed by atoms with E-state index < -0.39 is 5.38 Å². The molecule has 22 heavy (non-hydrogen) atoms. The number of carbonyl (C=O) groups is 1. The molecule has 6 heteroatoms. The Morgan fingerprint density at radius 3 is 2.64 bits per heavy atom. The highest BCUT2D eigenvalue weighted by Crippen LogP contribution is 2.28. The summed E-state index contributed by atoms with van der Waals surface area (Å²) in [6.07, 6.45) is 1.65. The van der Waals surface area contributed by atoms with Gasteiger partial charge in [0.2, 0.25) is 17.6 Å². The third-order valence-corrected chi connectivity index (χ3v) is 4.16. The zero-order valence-corrected chi connectivity index (χ0v) is 13.2. The summed E-state index contributed by atoms with van der Waals surface area (Å²) in [5.41, 5.74) is 0.945. The summed E-state index contributed by atoms with van der Waals surface area (Å²) in [6, 6.07) is 9.76. The van der Waals surface area contributed by atoms with E-state index in [1.165, 1.54) is 0 Å². The Morgan fingerprint density at radius 2 is 2.00 bits per heavy atom. The SMILES string of the molecule is C[C@@H](Cl)C(=O)N1CCC(c2nc(-c3ccccc3)no2)CC1. The zero-order chi connectivity index (χ0) is 15.5. The van der Waals surface area contributed by atoms with Gasteiger partial charge in [-0.25, -0.2) is 0 Å². The zero-order valence-electron chi connectivity index (χ0n) is 12.4. The third kappa shape index (κ3) is 3.14. The van der Waals surface area contributed by atoms with E-state index in [-0.39, 0.29) is 11.8 Å². The molecular weight excluding hydrogens is 302 g/mol. The molecule has 0 radical (unpaired) electrons. The van der Waals surface area contributed by atoms with Gasteiger partial charge in [0.05, 0.1) is 0 Å². The lowest BCUT2D eigenvalue weighted by atomic mass is 9.96. The van der Waals surface area contributed by atoms with Crippen molar-refractivity contribution in [3.05, 3.63) is 36.2 Å². The molecule has 1 atom stereocenters. The Balaban J connectivity index is 1.65. The van der Waals surface area contributed by atoms with Gasteiger partial charge in [0, 0.05) is 24.6 Å². The van der Waals surface area contributed by atoms with Crippen LogP contribution in [-0.4, -0.2) is 39.4 Å². The molecule has 1 fully saturated rings. The minimum Gasteiger partial charge on any atom is -0.341 e. The summed E-state index contributed by atoms with van der Waals surface area (Å²) < 4.78 is 5.41. The molecule has 0 bridgehead atoms. The minimum absolute atomic E-state index is 0.00406. The number of rotatable bonds is 3. The Hall–Kier alpha value is -1.88. The third-order valence-electron chi connectivity index (χ3n) is 3.97. The smallest absolute Gasteiger partial charge is 0.240 e. The topological polar surface area (TPSA) is 59.2 Å². The van der Waals surface area contributed by atoms with Crippen molar-refractivity contribution in [1.29, 1.82) is 0 Å². The standard InChI is InChI=1S/C16H18ClN3O2/c1-11(17)16(21)20-9-7-13(8-10-20)15-18-14(19-22-15)12-5-3-2-4-6-12/h2-6,11,13H,7-10H2,1H3/t11-/m1/s1. The molecule has 116 valence electrons. The van der Waals surface area contributed by atoms with Crippen molar-refractivity contribution in [2.24, 2.45) is 0 Å². The molecule has 5 nitrogen and oxygen atoms in total. The summed E-state index contributed by atoms with van der Waals surface area (Å²) in [4.78, 5) is 18.2. The van der Waals surface area contributed by atoms with Crippen LogP contribution in [0, 0.1) is 0 Å². The fourth-order valence-electron chi connectivity index (χ4n) is 2.70. The molecule has 0 unspecified atom stereocenters. The van der Waals surface area contributed by atoms with Gasteiger partial charge in [-0.3, -0.25) is 4.79 Å². The van der Waals surface area contributed by atoms with Gasteiger partial charge in [0.15, 0.2) is 0 Å². The van der Waals surface area contributed by atoms with E-state index in [1.54, 1.807) is 6.92 Å². The Bertz CT molecular complexity index is 634. The summed E-state index contributed by atoms with van der Waals surface area (Å²) in [6.45, 7) is 3.08. The predicted molar refractivity (Wildman–Crippen MR) is 83.6 cm³/mol. The van der Waals surface area contributed by atoms with Gasteiger partial charge >= 0.3 is 0 Å². The first kappa shape index (κ1) is 15.0. The van der Waals surface area contributed by atoms with E-state index in [9.17, 15) is 4.79 Å². The number of nitrogens with zero attached hydrogens (tertiary/aromatic N) is 3. The molecule has 2 heterocycles. The number of benzene rings is 1. The molecule has 2 aromatic rings. The lowest BCUT2D eigenvalue weighted by molar-refractivity contribution is -0.131. The van der Waals surface area contributed by atoms with E-state index in [4.69, 9.17) is 16.1 Å². The van der Waals surface area contributed by atoms with Crippen molar-refractivity contribution >= 4 is 17.5 Å². The van der Waals surface area contributed by atoms with Gasteiger partial charge in [0.25, 0.3) is 0 Å².